The van der Waals surface area contributed by atoms with Crippen LogP contribution < -0.4 is 11.1 Å². The van der Waals surface area contributed by atoms with Crippen LogP contribution in [0.15, 0.2) is 48.5 Å². The van der Waals surface area contributed by atoms with Crippen molar-refractivity contribution in [3.63, 3.8) is 0 Å². The fraction of sp³-hybridized carbons (Fsp3) is 0.250. The van der Waals surface area contributed by atoms with Crippen LogP contribution in [0.3, 0.4) is 0 Å². The third kappa shape index (κ3) is 3.65. The molecule has 0 saturated heterocycles. The van der Waals surface area contributed by atoms with Crippen molar-refractivity contribution in [1.29, 1.82) is 0 Å². The Morgan fingerprint density at radius 1 is 1.20 bits per heavy atom. The molecule has 0 saturated carbocycles. The zero-order valence-corrected chi connectivity index (χ0v) is 14.4. The van der Waals surface area contributed by atoms with Crippen LogP contribution in [-0.2, 0) is 6.54 Å². The molecule has 1 heterocycles. The monoisotopic (exact) mass is 339 g/mol. The number of halogens is 1. The van der Waals surface area contributed by atoms with E-state index in [1.807, 2.05) is 36.6 Å². The van der Waals surface area contributed by atoms with Gasteiger partial charge in [-0.15, -0.1) is 0 Å². The van der Waals surface area contributed by atoms with Crippen LogP contribution in [-0.4, -0.2) is 17.0 Å². The summed E-state index contributed by atoms with van der Waals surface area (Å²) in [7, 11) is 0. The van der Waals surface area contributed by atoms with Gasteiger partial charge < -0.3 is 15.6 Å². The first-order valence-electron chi connectivity index (χ1n) is 8.36. The molecule has 2 aromatic carbocycles. The number of anilines is 1. The van der Waals surface area contributed by atoms with Gasteiger partial charge in [-0.1, -0.05) is 32.0 Å². The van der Waals surface area contributed by atoms with E-state index in [1.54, 1.807) is 24.3 Å². The molecule has 0 unspecified atom stereocenters. The van der Waals surface area contributed by atoms with Gasteiger partial charge in [0.1, 0.15) is 11.5 Å². The van der Waals surface area contributed by atoms with Crippen LogP contribution >= 0.6 is 0 Å². The molecule has 3 N–H and O–H groups in total. The van der Waals surface area contributed by atoms with Gasteiger partial charge in [0.25, 0.3) is 5.91 Å². The summed E-state index contributed by atoms with van der Waals surface area (Å²) in [5.74, 6) is -0.0999. The standard InChI is InChI=1S/C20H22FN3O/c1-13(2)11-23-20(25)19-10-15-9-16(22)7-8-18(15)24(19)12-14-5-3-4-6-17(14)21/h3-10,13H,11-12,22H2,1-2H3,(H,23,25). The number of nitrogens with one attached hydrogen (secondary N) is 1. The van der Waals surface area contributed by atoms with Gasteiger partial charge in [-0.25, -0.2) is 4.39 Å². The molecule has 5 heteroatoms. The zero-order chi connectivity index (χ0) is 18.0. The highest BCUT2D eigenvalue weighted by molar-refractivity contribution is 5.99. The summed E-state index contributed by atoms with van der Waals surface area (Å²) in [5, 5.41) is 3.80. The van der Waals surface area contributed by atoms with E-state index in [4.69, 9.17) is 5.73 Å². The molecule has 0 fully saturated rings. The predicted molar refractivity (Wildman–Crippen MR) is 99.0 cm³/mol. The van der Waals surface area contributed by atoms with E-state index < -0.39 is 0 Å². The number of hydrogen-bond donors (Lipinski definition) is 2. The van der Waals surface area contributed by atoms with Gasteiger partial charge in [0.15, 0.2) is 0 Å². The van der Waals surface area contributed by atoms with Crippen LogP contribution in [0.5, 0.6) is 0 Å². The summed E-state index contributed by atoms with van der Waals surface area (Å²) in [5.41, 5.74) is 8.39. The fourth-order valence-electron chi connectivity index (χ4n) is 2.83. The molecule has 0 aliphatic carbocycles. The van der Waals surface area contributed by atoms with Crippen molar-refractivity contribution in [3.05, 3.63) is 65.6 Å². The quantitative estimate of drug-likeness (QED) is 0.695. The van der Waals surface area contributed by atoms with Gasteiger partial charge in [-0.2, -0.15) is 0 Å². The molecule has 25 heavy (non-hydrogen) atoms. The summed E-state index contributed by atoms with van der Waals surface area (Å²) in [6, 6.07) is 13.9. The minimum atomic E-state index is -0.284. The second-order valence-corrected chi connectivity index (χ2v) is 6.63. The van der Waals surface area contributed by atoms with E-state index in [0.717, 1.165) is 10.9 Å². The number of carbonyl (C=O) groups is 1. The molecule has 0 bridgehead atoms. The lowest BCUT2D eigenvalue weighted by Gasteiger charge is -2.13. The summed E-state index contributed by atoms with van der Waals surface area (Å²) in [6.07, 6.45) is 0. The third-order valence-electron chi connectivity index (χ3n) is 4.12. The largest absolute Gasteiger partial charge is 0.399 e. The van der Waals surface area contributed by atoms with Crippen molar-refractivity contribution < 1.29 is 9.18 Å². The molecule has 0 atom stereocenters. The second-order valence-electron chi connectivity index (χ2n) is 6.63. The Hall–Kier alpha value is -2.82. The molecule has 4 nitrogen and oxygen atoms in total. The molecule has 3 rings (SSSR count). The molecule has 1 aromatic heterocycles. The molecule has 0 aliphatic rings. The number of benzene rings is 2. The van der Waals surface area contributed by atoms with Crippen LogP contribution in [0.4, 0.5) is 10.1 Å². The maximum Gasteiger partial charge on any atom is 0.267 e. The average Bonchev–Trinajstić information content (AvgIpc) is 2.92. The van der Waals surface area contributed by atoms with E-state index >= 15 is 0 Å². The molecule has 0 radical (unpaired) electrons. The highest BCUT2D eigenvalue weighted by atomic mass is 19.1. The van der Waals surface area contributed by atoms with Crippen LogP contribution in [0.25, 0.3) is 10.9 Å². The number of aromatic nitrogens is 1. The number of nitrogens with zero attached hydrogens (tertiary/aromatic N) is 1. The van der Waals surface area contributed by atoms with Crippen molar-refractivity contribution in [2.45, 2.75) is 20.4 Å². The average molecular weight is 339 g/mol. The molecule has 0 spiro atoms. The third-order valence-corrected chi connectivity index (χ3v) is 4.12. The number of rotatable bonds is 5. The maximum atomic E-state index is 14.1. The number of amides is 1. The number of hydrogen-bond acceptors (Lipinski definition) is 2. The highest BCUT2D eigenvalue weighted by Crippen LogP contribution is 2.24. The van der Waals surface area contributed by atoms with Crippen molar-refractivity contribution in [2.75, 3.05) is 12.3 Å². The summed E-state index contributed by atoms with van der Waals surface area (Å²) < 4.78 is 15.9. The smallest absolute Gasteiger partial charge is 0.267 e. The molecule has 3 aromatic rings. The van der Waals surface area contributed by atoms with E-state index in [-0.39, 0.29) is 18.3 Å². The summed E-state index contributed by atoms with van der Waals surface area (Å²) >= 11 is 0. The van der Waals surface area contributed by atoms with Crippen LogP contribution in [0.1, 0.15) is 29.9 Å². The van der Waals surface area contributed by atoms with Gasteiger partial charge in [0.2, 0.25) is 0 Å². The van der Waals surface area contributed by atoms with E-state index in [0.29, 0.717) is 29.4 Å². The molecule has 130 valence electrons. The number of nitrogens with two attached hydrogens (primary N) is 1. The predicted octanol–water partition coefficient (Wildman–Crippen LogP) is 3.80. The normalized spacial score (nSPS) is 11.2. The van der Waals surface area contributed by atoms with Gasteiger partial charge in [0.05, 0.1) is 6.54 Å². The van der Waals surface area contributed by atoms with Crippen molar-refractivity contribution in [3.8, 4) is 0 Å². The Bertz CT molecular complexity index is 914. The summed E-state index contributed by atoms with van der Waals surface area (Å²) in [6.45, 7) is 4.94. The highest BCUT2D eigenvalue weighted by Gasteiger charge is 2.17. The maximum absolute atomic E-state index is 14.1. The van der Waals surface area contributed by atoms with E-state index in [9.17, 15) is 9.18 Å². The minimum Gasteiger partial charge on any atom is -0.399 e. The summed E-state index contributed by atoms with van der Waals surface area (Å²) in [4.78, 5) is 12.6. The number of fused-ring (bicyclic) bond motifs is 1. The Balaban J connectivity index is 2.05. The fourth-order valence-corrected chi connectivity index (χ4v) is 2.83. The van der Waals surface area contributed by atoms with Gasteiger partial charge >= 0.3 is 0 Å². The minimum absolute atomic E-state index is 0.167. The SMILES string of the molecule is CC(C)CNC(=O)c1cc2cc(N)ccc2n1Cc1ccccc1F. The lowest BCUT2D eigenvalue weighted by atomic mass is 10.2. The van der Waals surface area contributed by atoms with Crippen molar-refractivity contribution in [1.82, 2.24) is 9.88 Å². The number of nitrogen functional groups attached to an aromatic ring is 1. The first kappa shape index (κ1) is 17.0. The topological polar surface area (TPSA) is 60.1 Å². The van der Waals surface area contributed by atoms with Crippen LogP contribution in [0, 0.1) is 11.7 Å². The Morgan fingerprint density at radius 2 is 1.96 bits per heavy atom. The molecular weight excluding hydrogens is 317 g/mol. The lowest BCUT2D eigenvalue weighted by Crippen LogP contribution is -2.29. The second kappa shape index (κ2) is 6.97. The van der Waals surface area contributed by atoms with Gasteiger partial charge in [-0.3, -0.25) is 4.79 Å². The van der Waals surface area contributed by atoms with Gasteiger partial charge in [-0.05, 0) is 36.2 Å². The first-order chi connectivity index (χ1) is 12.0. The lowest BCUT2D eigenvalue weighted by molar-refractivity contribution is 0.0940. The Labute approximate surface area is 146 Å². The van der Waals surface area contributed by atoms with Gasteiger partial charge in [0, 0.05) is 28.7 Å². The molecule has 0 aliphatic heterocycles. The molecular formula is C20H22FN3O. The van der Waals surface area contributed by atoms with E-state index in [2.05, 4.69) is 5.32 Å². The Morgan fingerprint density at radius 3 is 2.68 bits per heavy atom. The Kier molecular flexibility index (Phi) is 4.74. The first-order valence-corrected chi connectivity index (χ1v) is 8.36. The molecule has 1 amide bonds. The number of carbonyl (C=O) groups excluding carboxylic acids is 1. The van der Waals surface area contributed by atoms with Crippen LogP contribution in [0.2, 0.25) is 0 Å². The van der Waals surface area contributed by atoms with Crippen molar-refractivity contribution in [2.24, 2.45) is 5.92 Å². The van der Waals surface area contributed by atoms with E-state index in [1.165, 1.54) is 6.07 Å². The van der Waals surface area contributed by atoms with Crippen molar-refractivity contribution >= 4 is 22.5 Å². The zero-order valence-electron chi connectivity index (χ0n) is 14.4.